The van der Waals surface area contributed by atoms with Gasteiger partial charge in [0, 0.05) is 0 Å². The maximum absolute atomic E-state index is 12.2. The summed E-state index contributed by atoms with van der Waals surface area (Å²) in [4.78, 5) is 23.6. The molecule has 6 heteroatoms. The van der Waals surface area contributed by atoms with Crippen molar-refractivity contribution in [3.8, 4) is 11.5 Å². The zero-order valence-electron chi connectivity index (χ0n) is 13.5. The van der Waals surface area contributed by atoms with E-state index in [-0.39, 0.29) is 6.10 Å². The second-order valence-electron chi connectivity index (χ2n) is 5.22. The normalized spacial score (nSPS) is 10.4. The van der Waals surface area contributed by atoms with Gasteiger partial charge in [-0.15, -0.1) is 0 Å². The summed E-state index contributed by atoms with van der Waals surface area (Å²) in [6.07, 6.45) is 0.0347. The summed E-state index contributed by atoms with van der Waals surface area (Å²) in [6.45, 7) is 3.85. The topological polar surface area (TPSA) is 61.8 Å². The van der Waals surface area contributed by atoms with E-state index in [2.05, 4.69) is 20.7 Å². The molecule has 0 aromatic heterocycles. The molecule has 0 aliphatic heterocycles. The van der Waals surface area contributed by atoms with Gasteiger partial charge in [0.25, 0.3) is 0 Å². The third-order valence-corrected chi connectivity index (χ3v) is 3.64. The Morgan fingerprint density at radius 3 is 2.12 bits per heavy atom. The Hall–Kier alpha value is -2.34. The van der Waals surface area contributed by atoms with Crippen LogP contribution in [0.2, 0.25) is 0 Å². The number of hydrogen-bond acceptors (Lipinski definition) is 5. The Bertz CT molecular complexity index is 738. The van der Waals surface area contributed by atoms with Crippen LogP contribution in [0.1, 0.15) is 34.6 Å². The van der Waals surface area contributed by atoms with Gasteiger partial charge < -0.3 is 14.2 Å². The van der Waals surface area contributed by atoms with E-state index in [1.807, 2.05) is 13.8 Å². The summed E-state index contributed by atoms with van der Waals surface area (Å²) >= 11 is 3.38. The number of carbonyl (C=O) groups is 2. The minimum Gasteiger partial charge on any atom is -0.490 e. The Labute approximate surface area is 148 Å². The summed E-state index contributed by atoms with van der Waals surface area (Å²) in [7, 11) is 1.31. The first kappa shape index (κ1) is 18.0. The number of carbonyl (C=O) groups excluding carboxylic acids is 2. The van der Waals surface area contributed by atoms with E-state index >= 15 is 0 Å². The van der Waals surface area contributed by atoms with E-state index in [0.717, 1.165) is 0 Å². The highest BCUT2D eigenvalue weighted by Gasteiger charge is 2.13. The van der Waals surface area contributed by atoms with E-state index in [4.69, 9.17) is 9.47 Å². The fourth-order valence-electron chi connectivity index (χ4n) is 1.92. The molecule has 0 bridgehead atoms. The molecule has 0 saturated heterocycles. The first-order valence-electron chi connectivity index (χ1n) is 7.27. The quantitative estimate of drug-likeness (QED) is 0.562. The third-order valence-electron chi connectivity index (χ3n) is 3.02. The van der Waals surface area contributed by atoms with Crippen LogP contribution >= 0.6 is 15.9 Å². The molecule has 0 amide bonds. The van der Waals surface area contributed by atoms with Crippen molar-refractivity contribution < 1.29 is 23.8 Å². The summed E-state index contributed by atoms with van der Waals surface area (Å²) < 4.78 is 16.2. The molecule has 126 valence electrons. The second-order valence-corrected chi connectivity index (χ2v) is 6.07. The highest BCUT2D eigenvalue weighted by molar-refractivity contribution is 9.10. The van der Waals surface area contributed by atoms with Crippen LogP contribution in [-0.4, -0.2) is 25.2 Å². The molecule has 0 fully saturated rings. The maximum atomic E-state index is 12.2. The van der Waals surface area contributed by atoms with Crippen LogP contribution in [0.5, 0.6) is 11.5 Å². The van der Waals surface area contributed by atoms with Crippen molar-refractivity contribution in [2.45, 2.75) is 20.0 Å². The van der Waals surface area contributed by atoms with Gasteiger partial charge in [0.05, 0.1) is 28.8 Å². The first-order chi connectivity index (χ1) is 11.4. The van der Waals surface area contributed by atoms with Crippen molar-refractivity contribution >= 4 is 27.9 Å². The molecule has 0 radical (unpaired) electrons. The van der Waals surface area contributed by atoms with Gasteiger partial charge in [-0.25, -0.2) is 9.59 Å². The number of halogens is 1. The molecule has 2 aromatic rings. The standard InChI is InChI=1S/C18H17BrO5/c1-11(2)23-16-9-6-13(10-15(16)19)18(21)24-14-7-4-12(5-8-14)17(20)22-3/h4-11H,1-3H3. The number of rotatable bonds is 5. The van der Waals surface area contributed by atoms with Crippen LogP contribution in [0.15, 0.2) is 46.9 Å². The lowest BCUT2D eigenvalue weighted by atomic mass is 10.2. The van der Waals surface area contributed by atoms with Crippen molar-refractivity contribution in [1.82, 2.24) is 0 Å². The smallest absolute Gasteiger partial charge is 0.343 e. The Kier molecular flexibility index (Phi) is 5.98. The Balaban J connectivity index is 2.09. The van der Waals surface area contributed by atoms with Gasteiger partial charge in [0.2, 0.25) is 0 Å². The number of hydrogen-bond donors (Lipinski definition) is 0. The molecule has 2 aromatic carbocycles. The predicted molar refractivity (Wildman–Crippen MR) is 92.6 cm³/mol. The van der Waals surface area contributed by atoms with Gasteiger partial charge in [-0.2, -0.15) is 0 Å². The lowest BCUT2D eigenvalue weighted by Crippen LogP contribution is -2.10. The predicted octanol–water partition coefficient (Wildman–Crippen LogP) is 4.24. The van der Waals surface area contributed by atoms with E-state index < -0.39 is 11.9 Å². The molecule has 0 heterocycles. The van der Waals surface area contributed by atoms with E-state index in [0.29, 0.717) is 27.1 Å². The minimum absolute atomic E-state index is 0.0347. The Morgan fingerprint density at radius 1 is 0.958 bits per heavy atom. The van der Waals surface area contributed by atoms with Crippen LogP contribution in [-0.2, 0) is 4.74 Å². The van der Waals surface area contributed by atoms with Crippen LogP contribution in [0, 0.1) is 0 Å². The summed E-state index contributed by atoms with van der Waals surface area (Å²) in [5, 5.41) is 0. The van der Waals surface area contributed by atoms with Crippen LogP contribution in [0.4, 0.5) is 0 Å². The monoisotopic (exact) mass is 392 g/mol. The van der Waals surface area contributed by atoms with Gasteiger partial charge >= 0.3 is 11.9 Å². The molecule has 24 heavy (non-hydrogen) atoms. The number of ether oxygens (including phenoxy) is 3. The van der Waals surface area contributed by atoms with E-state index in [1.54, 1.807) is 18.2 Å². The first-order valence-corrected chi connectivity index (χ1v) is 8.06. The highest BCUT2D eigenvalue weighted by atomic mass is 79.9. The van der Waals surface area contributed by atoms with Crippen molar-refractivity contribution in [3.05, 3.63) is 58.1 Å². The Morgan fingerprint density at radius 2 is 1.58 bits per heavy atom. The van der Waals surface area contributed by atoms with E-state index in [9.17, 15) is 9.59 Å². The van der Waals surface area contributed by atoms with Gasteiger partial charge in [-0.3, -0.25) is 0 Å². The largest absolute Gasteiger partial charge is 0.490 e. The lowest BCUT2D eigenvalue weighted by molar-refractivity contribution is 0.0600. The zero-order chi connectivity index (χ0) is 17.7. The van der Waals surface area contributed by atoms with E-state index in [1.165, 1.54) is 31.4 Å². The summed E-state index contributed by atoms with van der Waals surface area (Å²) in [5.41, 5.74) is 0.769. The van der Waals surface area contributed by atoms with Crippen molar-refractivity contribution in [1.29, 1.82) is 0 Å². The molecular weight excluding hydrogens is 376 g/mol. The minimum atomic E-state index is -0.502. The van der Waals surface area contributed by atoms with Crippen LogP contribution in [0.25, 0.3) is 0 Å². The molecule has 0 unspecified atom stereocenters. The van der Waals surface area contributed by atoms with Gasteiger partial charge in [0.15, 0.2) is 0 Å². The molecule has 0 spiro atoms. The average Bonchev–Trinajstić information content (AvgIpc) is 2.56. The number of benzene rings is 2. The van der Waals surface area contributed by atoms with Crippen molar-refractivity contribution in [2.75, 3.05) is 7.11 Å². The fraction of sp³-hybridized carbons (Fsp3) is 0.222. The maximum Gasteiger partial charge on any atom is 0.343 e. The molecular formula is C18H17BrO5. The second kappa shape index (κ2) is 7.97. The summed E-state index contributed by atoms with van der Waals surface area (Å²) in [5.74, 6) is 0.0467. The SMILES string of the molecule is COC(=O)c1ccc(OC(=O)c2ccc(OC(C)C)c(Br)c2)cc1. The summed E-state index contributed by atoms with van der Waals surface area (Å²) in [6, 6.07) is 11.1. The van der Waals surface area contributed by atoms with Gasteiger partial charge in [-0.1, -0.05) is 0 Å². The molecule has 0 saturated carbocycles. The highest BCUT2D eigenvalue weighted by Crippen LogP contribution is 2.27. The lowest BCUT2D eigenvalue weighted by Gasteiger charge is -2.12. The molecule has 0 N–H and O–H groups in total. The molecule has 2 rings (SSSR count). The van der Waals surface area contributed by atoms with Crippen LogP contribution < -0.4 is 9.47 Å². The molecule has 5 nitrogen and oxygen atoms in total. The molecule has 0 aliphatic carbocycles. The number of methoxy groups -OCH3 is 1. The third kappa shape index (κ3) is 4.58. The molecule has 0 aliphatic rings. The van der Waals surface area contributed by atoms with Gasteiger partial charge in [0.1, 0.15) is 11.5 Å². The fourth-order valence-corrected chi connectivity index (χ4v) is 2.39. The van der Waals surface area contributed by atoms with Crippen molar-refractivity contribution in [3.63, 3.8) is 0 Å². The average molecular weight is 393 g/mol. The van der Waals surface area contributed by atoms with Gasteiger partial charge in [-0.05, 0) is 72.2 Å². The number of esters is 2. The zero-order valence-corrected chi connectivity index (χ0v) is 15.1. The van der Waals surface area contributed by atoms with Crippen LogP contribution in [0.3, 0.4) is 0 Å². The molecule has 0 atom stereocenters. The van der Waals surface area contributed by atoms with Crippen molar-refractivity contribution in [2.24, 2.45) is 0 Å².